The number of para-hydroxylation sites is 2. The van der Waals surface area contributed by atoms with E-state index in [2.05, 4.69) is 35.5 Å². The van der Waals surface area contributed by atoms with Gasteiger partial charge in [-0.15, -0.1) is 11.3 Å². The SMILES string of the molecule is CCC(CC)NC(=O)C1CN(CCC(=O)N2CCc3sccc3C2)c2ccccc2O1. The second-order valence-electron chi connectivity index (χ2n) is 8.23. The first-order chi connectivity index (χ1) is 15.1. The maximum Gasteiger partial charge on any atom is 0.263 e. The summed E-state index contributed by atoms with van der Waals surface area (Å²) in [6.07, 6.45) is 2.58. The topological polar surface area (TPSA) is 61.9 Å². The van der Waals surface area contributed by atoms with Crippen molar-refractivity contribution < 1.29 is 14.3 Å². The van der Waals surface area contributed by atoms with Crippen molar-refractivity contribution in [3.63, 3.8) is 0 Å². The summed E-state index contributed by atoms with van der Waals surface area (Å²) >= 11 is 1.78. The van der Waals surface area contributed by atoms with Crippen molar-refractivity contribution in [2.24, 2.45) is 0 Å². The highest BCUT2D eigenvalue weighted by molar-refractivity contribution is 7.10. The molecule has 0 saturated carbocycles. The molecular weight excluding hydrogens is 410 g/mol. The lowest BCUT2D eigenvalue weighted by atomic mass is 10.1. The molecule has 1 aromatic carbocycles. The van der Waals surface area contributed by atoms with Crippen LogP contribution in [0.25, 0.3) is 0 Å². The second-order valence-corrected chi connectivity index (χ2v) is 9.23. The first kappa shape index (κ1) is 21.7. The standard InChI is InChI=1S/C24H31N3O3S/c1-3-18(4-2)25-24(29)21-16-26(19-7-5-6-8-20(19)30-21)13-10-23(28)27-12-9-22-17(15-27)11-14-31-22/h5-8,11,14,18,21H,3-4,9-10,12-13,15-16H2,1-2H3,(H,25,29). The van der Waals surface area contributed by atoms with Crippen LogP contribution in [0.4, 0.5) is 5.69 Å². The highest BCUT2D eigenvalue weighted by Crippen LogP contribution is 2.33. The van der Waals surface area contributed by atoms with Gasteiger partial charge in [0.1, 0.15) is 5.75 Å². The van der Waals surface area contributed by atoms with Gasteiger partial charge < -0.3 is 19.9 Å². The summed E-state index contributed by atoms with van der Waals surface area (Å²) in [4.78, 5) is 31.2. The van der Waals surface area contributed by atoms with E-state index >= 15 is 0 Å². The van der Waals surface area contributed by atoms with Crippen LogP contribution in [0.1, 0.15) is 43.6 Å². The van der Waals surface area contributed by atoms with E-state index in [4.69, 9.17) is 4.74 Å². The van der Waals surface area contributed by atoms with E-state index in [1.807, 2.05) is 29.2 Å². The molecule has 3 heterocycles. The molecule has 0 spiro atoms. The number of benzene rings is 1. The fourth-order valence-electron chi connectivity index (χ4n) is 4.29. The van der Waals surface area contributed by atoms with Gasteiger partial charge in [-0.05, 0) is 48.4 Å². The summed E-state index contributed by atoms with van der Waals surface area (Å²) in [6, 6.07) is 10.0. The number of rotatable bonds is 7. The average Bonchev–Trinajstić information content (AvgIpc) is 3.28. The highest BCUT2D eigenvalue weighted by atomic mass is 32.1. The molecule has 1 aromatic heterocycles. The number of carbonyl (C=O) groups excluding carboxylic acids is 2. The fraction of sp³-hybridized carbons (Fsp3) is 0.500. The molecular formula is C24H31N3O3S. The molecule has 2 aliphatic rings. The minimum Gasteiger partial charge on any atom is -0.477 e. The van der Waals surface area contributed by atoms with Crippen molar-refractivity contribution in [1.82, 2.24) is 10.2 Å². The zero-order chi connectivity index (χ0) is 21.8. The molecule has 0 saturated heterocycles. The lowest BCUT2D eigenvalue weighted by Gasteiger charge is -2.36. The molecule has 1 atom stereocenters. The second kappa shape index (κ2) is 9.73. The Morgan fingerprint density at radius 1 is 1.23 bits per heavy atom. The first-order valence-corrected chi connectivity index (χ1v) is 12.1. The van der Waals surface area contributed by atoms with E-state index < -0.39 is 6.10 Å². The van der Waals surface area contributed by atoms with Crippen LogP contribution in [0.15, 0.2) is 35.7 Å². The fourth-order valence-corrected chi connectivity index (χ4v) is 5.18. The van der Waals surface area contributed by atoms with Crippen LogP contribution < -0.4 is 15.0 Å². The van der Waals surface area contributed by atoms with Gasteiger partial charge in [0, 0.05) is 37.0 Å². The Labute approximate surface area is 188 Å². The summed E-state index contributed by atoms with van der Waals surface area (Å²) in [5.41, 5.74) is 2.22. The van der Waals surface area contributed by atoms with E-state index in [0.717, 1.165) is 31.5 Å². The zero-order valence-electron chi connectivity index (χ0n) is 18.3. The van der Waals surface area contributed by atoms with Crippen molar-refractivity contribution in [3.05, 3.63) is 46.2 Å². The van der Waals surface area contributed by atoms with Crippen molar-refractivity contribution in [2.45, 2.75) is 58.2 Å². The van der Waals surface area contributed by atoms with Gasteiger partial charge in [0.2, 0.25) is 5.91 Å². The summed E-state index contributed by atoms with van der Waals surface area (Å²) in [7, 11) is 0. The molecule has 31 heavy (non-hydrogen) atoms. The van der Waals surface area contributed by atoms with Gasteiger partial charge >= 0.3 is 0 Å². The number of hydrogen-bond donors (Lipinski definition) is 1. The van der Waals surface area contributed by atoms with Gasteiger partial charge in [-0.1, -0.05) is 26.0 Å². The van der Waals surface area contributed by atoms with Crippen LogP contribution >= 0.6 is 11.3 Å². The summed E-state index contributed by atoms with van der Waals surface area (Å²) in [5.74, 6) is 0.784. The van der Waals surface area contributed by atoms with Crippen molar-refractivity contribution in [1.29, 1.82) is 0 Å². The van der Waals surface area contributed by atoms with Crippen molar-refractivity contribution >= 4 is 28.8 Å². The quantitative estimate of drug-likeness (QED) is 0.713. The van der Waals surface area contributed by atoms with E-state index in [9.17, 15) is 9.59 Å². The molecule has 6 nitrogen and oxygen atoms in total. The van der Waals surface area contributed by atoms with Gasteiger partial charge in [-0.2, -0.15) is 0 Å². The van der Waals surface area contributed by atoms with Gasteiger partial charge in [-0.3, -0.25) is 9.59 Å². The van der Waals surface area contributed by atoms with Crippen LogP contribution in [-0.2, 0) is 22.6 Å². The minimum absolute atomic E-state index is 0.0828. The average molecular weight is 442 g/mol. The zero-order valence-corrected chi connectivity index (χ0v) is 19.1. The van der Waals surface area contributed by atoms with E-state index in [1.165, 1.54) is 10.4 Å². The predicted molar refractivity (Wildman–Crippen MR) is 124 cm³/mol. The first-order valence-electron chi connectivity index (χ1n) is 11.2. The number of hydrogen-bond acceptors (Lipinski definition) is 5. The molecule has 0 radical (unpaired) electrons. The van der Waals surface area contributed by atoms with Gasteiger partial charge in [0.15, 0.2) is 6.10 Å². The molecule has 0 fully saturated rings. The number of anilines is 1. The van der Waals surface area contributed by atoms with Gasteiger partial charge in [0.05, 0.1) is 12.2 Å². The summed E-state index contributed by atoms with van der Waals surface area (Å²) in [5, 5.41) is 5.20. The maximum absolute atomic E-state index is 12.9. The Bertz CT molecular complexity index is 924. The molecule has 166 valence electrons. The molecule has 1 unspecified atom stereocenters. The molecule has 2 aromatic rings. The number of fused-ring (bicyclic) bond motifs is 2. The molecule has 0 aliphatic carbocycles. The molecule has 2 amide bonds. The molecule has 2 aliphatic heterocycles. The van der Waals surface area contributed by atoms with Crippen LogP contribution in [0.3, 0.4) is 0 Å². The van der Waals surface area contributed by atoms with Crippen LogP contribution in [0.2, 0.25) is 0 Å². The van der Waals surface area contributed by atoms with Crippen molar-refractivity contribution in [3.8, 4) is 5.75 Å². The van der Waals surface area contributed by atoms with E-state index in [0.29, 0.717) is 31.8 Å². The Hall–Kier alpha value is -2.54. The number of nitrogens with one attached hydrogen (secondary N) is 1. The maximum atomic E-state index is 12.9. The molecule has 1 N–H and O–H groups in total. The number of nitrogens with zero attached hydrogens (tertiary/aromatic N) is 2. The molecule has 0 bridgehead atoms. The monoisotopic (exact) mass is 441 g/mol. The van der Waals surface area contributed by atoms with Crippen LogP contribution in [-0.4, -0.2) is 48.5 Å². The van der Waals surface area contributed by atoms with Crippen LogP contribution in [0.5, 0.6) is 5.75 Å². The third-order valence-electron chi connectivity index (χ3n) is 6.24. The van der Waals surface area contributed by atoms with Crippen molar-refractivity contribution in [2.75, 3.05) is 24.5 Å². The highest BCUT2D eigenvalue weighted by Gasteiger charge is 2.32. The lowest BCUT2D eigenvalue weighted by Crippen LogP contribution is -2.51. The van der Waals surface area contributed by atoms with Gasteiger partial charge in [0.25, 0.3) is 5.91 Å². The van der Waals surface area contributed by atoms with E-state index in [-0.39, 0.29) is 17.9 Å². The number of thiophene rings is 1. The smallest absolute Gasteiger partial charge is 0.263 e. The largest absolute Gasteiger partial charge is 0.477 e. The Balaban J connectivity index is 1.40. The molecule has 7 heteroatoms. The predicted octanol–water partition coefficient (Wildman–Crippen LogP) is 3.60. The minimum atomic E-state index is -0.575. The number of amides is 2. The third-order valence-corrected chi connectivity index (χ3v) is 7.26. The Kier molecular flexibility index (Phi) is 6.80. The number of ether oxygens (including phenoxy) is 1. The lowest BCUT2D eigenvalue weighted by molar-refractivity contribution is -0.131. The number of carbonyl (C=O) groups is 2. The third kappa shape index (κ3) is 4.87. The van der Waals surface area contributed by atoms with Gasteiger partial charge in [-0.25, -0.2) is 0 Å². The summed E-state index contributed by atoms with van der Waals surface area (Å²) < 4.78 is 6.02. The Morgan fingerprint density at radius 3 is 2.84 bits per heavy atom. The molecule has 4 rings (SSSR count). The Morgan fingerprint density at radius 2 is 2.03 bits per heavy atom. The van der Waals surface area contributed by atoms with Crippen LogP contribution in [0, 0.1) is 0 Å². The summed E-state index contributed by atoms with van der Waals surface area (Å²) in [6.45, 7) is 6.66. The normalized spacial score (nSPS) is 17.7. The van der Waals surface area contributed by atoms with E-state index in [1.54, 1.807) is 11.3 Å².